The summed E-state index contributed by atoms with van der Waals surface area (Å²) < 4.78 is 0. The van der Waals surface area contributed by atoms with Gasteiger partial charge in [0.25, 0.3) is 0 Å². The van der Waals surface area contributed by atoms with Crippen molar-refractivity contribution in [2.45, 2.75) is 120 Å². The molecule has 0 aliphatic rings. The fraction of sp³-hybridized carbons (Fsp3) is 1.00. The second kappa shape index (κ2) is 22.9. The molecule has 0 saturated carbocycles. The Balaban J connectivity index is 5.88. The van der Waals surface area contributed by atoms with Gasteiger partial charge in [-0.25, -0.2) is 0 Å². The van der Waals surface area contributed by atoms with Crippen LogP contribution in [0.5, 0.6) is 0 Å². The van der Waals surface area contributed by atoms with Crippen LogP contribution in [0.3, 0.4) is 0 Å². The predicted octanol–water partition coefficient (Wildman–Crippen LogP) is 10.2. The molecule has 0 unspecified atom stereocenters. The van der Waals surface area contributed by atoms with E-state index >= 15 is 0 Å². The van der Waals surface area contributed by atoms with Gasteiger partial charge in [0.1, 0.15) is 0 Å². The molecule has 0 heterocycles. The Morgan fingerprint density at radius 2 is 0.432 bits per heavy atom. The van der Waals surface area contributed by atoms with Gasteiger partial charge < -0.3 is 0 Å². The minimum atomic E-state index is -1.12. The average Bonchev–Trinajstić information content (AvgIpc) is 2.85. The van der Waals surface area contributed by atoms with Crippen molar-refractivity contribution in [3.63, 3.8) is 0 Å². The van der Waals surface area contributed by atoms with E-state index < -0.39 is 21.8 Å². The Labute approximate surface area is 239 Å². The second-order valence-electron chi connectivity index (χ2n) is 13.3. The van der Waals surface area contributed by atoms with Crippen LogP contribution in [-0.4, -0.2) is 98.5 Å². The molecule has 0 N–H and O–H groups in total. The van der Waals surface area contributed by atoms with Gasteiger partial charge in [-0.3, -0.25) is 0 Å². The quantitative estimate of drug-likeness (QED) is 0.0872. The summed E-state index contributed by atoms with van der Waals surface area (Å²) >= 11 is 0. The topological polar surface area (TPSA) is 3.24 Å². The molecule has 0 rings (SSSR count). The SMILES string of the molecule is CCC[PH](CCC)(CCC)CCN(CC[PH](CCC)(CCC)CCC)CC[PH](CCC)(CCC)CCC. The first-order valence-electron chi connectivity index (χ1n) is 17.6. The van der Waals surface area contributed by atoms with Crippen LogP contribution in [0.15, 0.2) is 0 Å². The molecule has 0 aliphatic carbocycles. The van der Waals surface area contributed by atoms with Crippen molar-refractivity contribution in [2.75, 3.05) is 93.6 Å². The maximum absolute atomic E-state index is 3.09. The van der Waals surface area contributed by atoms with E-state index in [1.807, 2.05) is 0 Å². The molecule has 0 aromatic heterocycles. The van der Waals surface area contributed by atoms with Gasteiger partial charge in [-0.2, -0.15) is 0 Å². The van der Waals surface area contributed by atoms with Gasteiger partial charge in [0.2, 0.25) is 0 Å². The first-order chi connectivity index (χ1) is 17.8. The molecule has 0 atom stereocenters. The fourth-order valence-electron chi connectivity index (χ4n) is 8.54. The molecule has 4 heteroatoms. The first-order valence-corrected chi connectivity index (χ1v) is 26.0. The molecule has 1 nitrogen and oxygen atoms in total. The summed E-state index contributed by atoms with van der Waals surface area (Å²) in [6.45, 7) is 26.5. The van der Waals surface area contributed by atoms with Gasteiger partial charge >= 0.3 is 240 Å². The molecular weight excluding hydrogens is 503 g/mol. The molecule has 0 fully saturated rings. The van der Waals surface area contributed by atoms with Crippen LogP contribution < -0.4 is 0 Å². The van der Waals surface area contributed by atoms with Crippen LogP contribution in [0.4, 0.5) is 0 Å². The van der Waals surface area contributed by atoms with Gasteiger partial charge in [0, 0.05) is 0 Å². The molecule has 0 spiro atoms. The molecule has 0 saturated heterocycles. The van der Waals surface area contributed by atoms with Crippen molar-refractivity contribution in [1.82, 2.24) is 4.90 Å². The summed E-state index contributed by atoms with van der Waals surface area (Å²) in [4.78, 5) is 3.09. The standard InChI is InChI=1S/C33H78NP3/c1-10-22-35(23-11-2,24-12-3)31-19-34(20-32-36(25-13-4,26-14-5)27-15-6)21-33-37(28-16-7,29-17-8)30-18-9/h35-37H,10-33H2,1-9H3. The van der Waals surface area contributed by atoms with Crippen molar-refractivity contribution < 1.29 is 0 Å². The second-order valence-corrected chi connectivity index (χ2v) is 28.3. The van der Waals surface area contributed by atoms with E-state index in [0.717, 1.165) is 0 Å². The molecule has 37 heavy (non-hydrogen) atoms. The van der Waals surface area contributed by atoms with Crippen LogP contribution in [-0.2, 0) is 0 Å². The normalized spacial score (nSPS) is 14.4. The van der Waals surface area contributed by atoms with E-state index in [-0.39, 0.29) is 0 Å². The third-order valence-corrected chi connectivity index (χ3v) is 27.8. The van der Waals surface area contributed by atoms with Crippen molar-refractivity contribution in [3.8, 4) is 0 Å². The van der Waals surface area contributed by atoms with E-state index in [4.69, 9.17) is 0 Å². The zero-order valence-electron chi connectivity index (χ0n) is 27.9. The Hall–Kier alpha value is 1.25. The van der Waals surface area contributed by atoms with Crippen LogP contribution in [0.1, 0.15) is 120 Å². The summed E-state index contributed by atoms with van der Waals surface area (Å²) in [5.41, 5.74) is 0. The van der Waals surface area contributed by atoms with Gasteiger partial charge in [0.15, 0.2) is 0 Å². The Bertz CT molecular complexity index is 387. The molecular formula is C33H78NP3. The van der Waals surface area contributed by atoms with Crippen molar-refractivity contribution in [3.05, 3.63) is 0 Å². The van der Waals surface area contributed by atoms with Crippen LogP contribution in [0, 0.1) is 0 Å². The molecule has 0 radical (unpaired) electrons. The van der Waals surface area contributed by atoms with Gasteiger partial charge in [0.05, 0.1) is 0 Å². The zero-order chi connectivity index (χ0) is 28.0. The maximum atomic E-state index is 3.09. The summed E-state index contributed by atoms with van der Waals surface area (Å²) in [6.07, 6.45) is 31.9. The first kappa shape index (κ1) is 38.2. The molecule has 230 valence electrons. The fourth-order valence-corrected chi connectivity index (χ4v) is 25.0. The molecule has 0 aromatic carbocycles. The number of hydrogen-bond donors (Lipinski definition) is 0. The summed E-state index contributed by atoms with van der Waals surface area (Å²) in [7, 11) is -3.35. The zero-order valence-corrected chi connectivity index (χ0v) is 30.9. The number of hydrogen-bond acceptors (Lipinski definition) is 1. The Morgan fingerprint density at radius 1 is 0.270 bits per heavy atom. The molecule has 0 aliphatic heterocycles. The predicted molar refractivity (Wildman–Crippen MR) is 192 cm³/mol. The van der Waals surface area contributed by atoms with Crippen LogP contribution >= 0.6 is 21.8 Å². The van der Waals surface area contributed by atoms with Gasteiger partial charge in [-0.15, -0.1) is 0 Å². The van der Waals surface area contributed by atoms with Crippen molar-refractivity contribution in [1.29, 1.82) is 0 Å². The van der Waals surface area contributed by atoms with E-state index in [1.54, 1.807) is 73.9 Å². The minimum absolute atomic E-state index is 1.12. The summed E-state index contributed by atoms with van der Waals surface area (Å²) in [5.74, 6) is 0. The number of nitrogens with zero attached hydrogens (tertiary/aromatic N) is 1. The monoisotopic (exact) mass is 582 g/mol. The van der Waals surface area contributed by atoms with Crippen LogP contribution in [0.2, 0.25) is 0 Å². The van der Waals surface area contributed by atoms with Gasteiger partial charge in [-0.05, 0) is 0 Å². The van der Waals surface area contributed by atoms with E-state index in [1.165, 1.54) is 77.4 Å². The Kier molecular flexibility index (Phi) is 23.7. The van der Waals surface area contributed by atoms with E-state index in [2.05, 4.69) is 67.2 Å². The molecule has 0 aromatic rings. The van der Waals surface area contributed by atoms with E-state index in [0.29, 0.717) is 0 Å². The third-order valence-electron chi connectivity index (χ3n) is 9.90. The summed E-state index contributed by atoms with van der Waals surface area (Å²) in [6, 6.07) is 0. The Morgan fingerprint density at radius 3 is 0.568 bits per heavy atom. The van der Waals surface area contributed by atoms with E-state index in [9.17, 15) is 0 Å². The molecule has 0 bridgehead atoms. The summed E-state index contributed by atoms with van der Waals surface area (Å²) in [5, 5.41) is 0. The van der Waals surface area contributed by atoms with Crippen LogP contribution in [0.25, 0.3) is 0 Å². The van der Waals surface area contributed by atoms with Crippen molar-refractivity contribution >= 4 is 21.8 Å². The molecule has 0 amide bonds. The number of rotatable bonds is 27. The van der Waals surface area contributed by atoms with Gasteiger partial charge in [-0.1, -0.05) is 0 Å². The third kappa shape index (κ3) is 15.2. The average molecular weight is 582 g/mol. The van der Waals surface area contributed by atoms with Crippen molar-refractivity contribution in [2.24, 2.45) is 0 Å².